The topological polar surface area (TPSA) is 131 Å². The first-order valence-electron chi connectivity index (χ1n) is 9.77. The van der Waals surface area contributed by atoms with E-state index in [2.05, 4.69) is 10.6 Å². The number of nitrogens with zero attached hydrogens (tertiary/aromatic N) is 2. The van der Waals surface area contributed by atoms with Crippen LogP contribution in [-0.4, -0.2) is 40.9 Å². The van der Waals surface area contributed by atoms with E-state index in [9.17, 15) is 24.5 Å². The Hall–Kier alpha value is -3.43. The fourth-order valence-corrected chi connectivity index (χ4v) is 4.80. The molecule has 2 N–H and O–H groups in total. The zero-order chi connectivity index (χ0) is 21.6. The molecule has 5 rings (SSSR count). The van der Waals surface area contributed by atoms with E-state index in [1.807, 2.05) is 12.2 Å². The SMILES string of the molecule is COc1ccc([N+](=O)[O-])cc1NC(=O)N[C@H](C)N1C(=O)[C@@H]2[C@H](C1=O)[C@H]1C=C[C@H]2CC1. The van der Waals surface area contributed by atoms with Gasteiger partial charge in [0.2, 0.25) is 11.8 Å². The lowest BCUT2D eigenvalue weighted by Gasteiger charge is -2.38. The molecule has 158 valence electrons. The largest absolute Gasteiger partial charge is 0.495 e. The zero-order valence-electron chi connectivity index (χ0n) is 16.5. The van der Waals surface area contributed by atoms with Crippen molar-refractivity contribution in [1.29, 1.82) is 0 Å². The van der Waals surface area contributed by atoms with Gasteiger partial charge in [0.25, 0.3) is 5.69 Å². The van der Waals surface area contributed by atoms with E-state index in [-0.39, 0.29) is 52.6 Å². The van der Waals surface area contributed by atoms with Crippen LogP contribution in [0.15, 0.2) is 30.4 Å². The number of nitro benzene ring substituents is 1. The minimum atomic E-state index is -0.861. The Labute approximate surface area is 172 Å². The molecule has 3 aliphatic carbocycles. The summed E-state index contributed by atoms with van der Waals surface area (Å²) in [6.45, 7) is 1.56. The maximum Gasteiger partial charge on any atom is 0.320 e. The van der Waals surface area contributed by atoms with Gasteiger partial charge in [0, 0.05) is 12.1 Å². The van der Waals surface area contributed by atoms with Crippen molar-refractivity contribution in [3.8, 4) is 5.75 Å². The van der Waals surface area contributed by atoms with Crippen LogP contribution < -0.4 is 15.4 Å². The highest BCUT2D eigenvalue weighted by atomic mass is 16.6. The molecule has 1 aliphatic heterocycles. The standard InChI is InChI=1S/C20H22N4O6/c1-10(21-20(27)22-14-9-13(24(28)29)7-8-15(14)30-2)23-18(25)16-11-3-4-12(6-5-11)17(16)19(23)26/h3-4,7-12,16-17H,5-6H2,1-2H3,(H2,21,22,27)/t10-,11-,12-,16-,17+/m0/s1. The maximum atomic E-state index is 12.9. The molecule has 4 amide bonds. The number of methoxy groups -OCH3 is 1. The van der Waals surface area contributed by atoms with Crippen LogP contribution in [0, 0.1) is 33.8 Å². The Kier molecular flexibility index (Phi) is 4.92. The summed E-state index contributed by atoms with van der Waals surface area (Å²) < 4.78 is 5.12. The van der Waals surface area contributed by atoms with Gasteiger partial charge in [0.1, 0.15) is 11.9 Å². The summed E-state index contributed by atoms with van der Waals surface area (Å²) in [5, 5.41) is 16.1. The van der Waals surface area contributed by atoms with E-state index >= 15 is 0 Å². The van der Waals surface area contributed by atoms with Crippen LogP contribution in [0.3, 0.4) is 0 Å². The average Bonchev–Trinajstić information content (AvgIpc) is 3.01. The summed E-state index contributed by atoms with van der Waals surface area (Å²) in [5.41, 5.74) is -0.109. The molecule has 0 spiro atoms. The van der Waals surface area contributed by atoms with E-state index in [1.54, 1.807) is 6.92 Å². The number of nitrogens with one attached hydrogen (secondary N) is 2. The Morgan fingerprint density at radius 1 is 1.20 bits per heavy atom. The van der Waals surface area contributed by atoms with Crippen molar-refractivity contribution >= 4 is 29.2 Å². The molecule has 10 heteroatoms. The molecule has 1 heterocycles. The molecule has 0 aromatic heterocycles. The molecule has 1 saturated carbocycles. The van der Waals surface area contributed by atoms with Crippen LogP contribution in [0.4, 0.5) is 16.2 Å². The van der Waals surface area contributed by atoms with Gasteiger partial charge < -0.3 is 15.4 Å². The average molecular weight is 414 g/mol. The second kappa shape index (κ2) is 7.43. The summed E-state index contributed by atoms with van der Waals surface area (Å²) in [6.07, 6.45) is 4.99. The number of non-ortho nitro benzene ring substituents is 1. The maximum absolute atomic E-state index is 12.9. The van der Waals surface area contributed by atoms with Gasteiger partial charge >= 0.3 is 6.03 Å². The van der Waals surface area contributed by atoms with Crippen molar-refractivity contribution < 1.29 is 24.0 Å². The number of carbonyl (C=O) groups is 3. The van der Waals surface area contributed by atoms with Crippen molar-refractivity contribution in [2.45, 2.75) is 25.9 Å². The smallest absolute Gasteiger partial charge is 0.320 e. The molecule has 1 aromatic carbocycles. The summed E-state index contributed by atoms with van der Waals surface area (Å²) in [4.78, 5) is 49.9. The normalized spacial score (nSPS) is 27.6. The number of allylic oxidation sites excluding steroid dienone is 2. The molecule has 30 heavy (non-hydrogen) atoms. The lowest BCUT2D eigenvalue weighted by molar-refractivity contribution is -0.384. The predicted molar refractivity (Wildman–Crippen MR) is 105 cm³/mol. The van der Waals surface area contributed by atoms with Gasteiger partial charge in [-0.25, -0.2) is 4.79 Å². The van der Waals surface area contributed by atoms with Gasteiger partial charge in [0.15, 0.2) is 0 Å². The molecule has 5 atom stereocenters. The van der Waals surface area contributed by atoms with E-state index < -0.39 is 17.1 Å². The number of benzene rings is 1. The number of rotatable bonds is 5. The molecule has 10 nitrogen and oxygen atoms in total. The van der Waals surface area contributed by atoms with Crippen LogP contribution in [-0.2, 0) is 9.59 Å². The fraction of sp³-hybridized carbons (Fsp3) is 0.450. The molecule has 2 fully saturated rings. The van der Waals surface area contributed by atoms with E-state index in [1.165, 1.54) is 25.3 Å². The number of fused-ring (bicyclic) bond motifs is 1. The lowest BCUT2D eigenvalue weighted by atomic mass is 9.63. The number of nitro groups is 1. The van der Waals surface area contributed by atoms with Gasteiger partial charge in [-0.05, 0) is 37.7 Å². The molecule has 4 aliphatic rings. The third-order valence-corrected chi connectivity index (χ3v) is 6.16. The van der Waals surface area contributed by atoms with Gasteiger partial charge in [0.05, 0.1) is 29.6 Å². The number of ether oxygens (including phenoxy) is 1. The first-order valence-corrected chi connectivity index (χ1v) is 9.77. The molecule has 0 radical (unpaired) electrons. The zero-order valence-corrected chi connectivity index (χ0v) is 16.5. The van der Waals surface area contributed by atoms with Crippen molar-refractivity contribution in [2.24, 2.45) is 23.7 Å². The number of imide groups is 1. The number of urea groups is 1. The predicted octanol–water partition coefficient (Wildman–Crippen LogP) is 2.27. The van der Waals surface area contributed by atoms with E-state index in [4.69, 9.17) is 4.74 Å². The number of hydrogen-bond donors (Lipinski definition) is 2. The highest BCUT2D eigenvalue weighted by Crippen LogP contribution is 2.49. The van der Waals surface area contributed by atoms with Crippen LogP contribution in [0.5, 0.6) is 5.75 Å². The van der Waals surface area contributed by atoms with E-state index in [0.717, 1.165) is 17.7 Å². The summed E-state index contributed by atoms with van der Waals surface area (Å²) in [7, 11) is 1.37. The third-order valence-electron chi connectivity index (χ3n) is 6.16. The number of hydrogen-bond acceptors (Lipinski definition) is 6. The van der Waals surface area contributed by atoms with Crippen molar-refractivity contribution in [3.05, 3.63) is 40.5 Å². The molecule has 2 bridgehead atoms. The van der Waals surface area contributed by atoms with Crippen LogP contribution in [0.2, 0.25) is 0 Å². The van der Waals surface area contributed by atoms with E-state index in [0.29, 0.717) is 0 Å². The fourth-order valence-electron chi connectivity index (χ4n) is 4.80. The quantitative estimate of drug-likeness (QED) is 0.329. The Morgan fingerprint density at radius 3 is 2.30 bits per heavy atom. The second-order valence-corrected chi connectivity index (χ2v) is 7.80. The third kappa shape index (κ3) is 3.17. The highest BCUT2D eigenvalue weighted by Gasteiger charge is 2.57. The summed E-state index contributed by atoms with van der Waals surface area (Å²) in [5.74, 6) is -0.857. The van der Waals surface area contributed by atoms with Crippen LogP contribution >= 0.6 is 0 Å². The Bertz CT molecular complexity index is 929. The molecular weight excluding hydrogens is 392 g/mol. The Balaban J connectivity index is 1.47. The van der Waals surface area contributed by atoms with Gasteiger partial charge in [-0.15, -0.1) is 0 Å². The highest BCUT2D eigenvalue weighted by molar-refractivity contribution is 6.06. The minimum absolute atomic E-state index is 0.0663. The first-order chi connectivity index (χ1) is 14.3. The number of amides is 4. The van der Waals surface area contributed by atoms with Gasteiger partial charge in [-0.1, -0.05) is 12.2 Å². The monoisotopic (exact) mass is 414 g/mol. The number of anilines is 1. The van der Waals surface area contributed by atoms with Crippen LogP contribution in [0.1, 0.15) is 19.8 Å². The van der Waals surface area contributed by atoms with Crippen molar-refractivity contribution in [1.82, 2.24) is 10.2 Å². The van der Waals surface area contributed by atoms with Crippen LogP contribution in [0.25, 0.3) is 0 Å². The second-order valence-electron chi connectivity index (χ2n) is 7.80. The lowest BCUT2D eigenvalue weighted by Crippen LogP contribution is -2.50. The van der Waals surface area contributed by atoms with Gasteiger partial charge in [-0.2, -0.15) is 0 Å². The van der Waals surface area contributed by atoms with Gasteiger partial charge in [-0.3, -0.25) is 24.6 Å². The number of carbonyl (C=O) groups excluding carboxylic acids is 3. The minimum Gasteiger partial charge on any atom is -0.495 e. The number of likely N-dealkylation sites (tertiary alicyclic amines) is 1. The molecular formula is C20H22N4O6. The van der Waals surface area contributed by atoms with Crippen molar-refractivity contribution in [3.63, 3.8) is 0 Å². The Morgan fingerprint density at radius 2 is 1.80 bits per heavy atom. The summed E-state index contributed by atoms with van der Waals surface area (Å²) >= 11 is 0. The molecule has 0 unspecified atom stereocenters. The molecule has 1 saturated heterocycles. The first kappa shape index (κ1) is 19.9. The van der Waals surface area contributed by atoms with Crippen molar-refractivity contribution in [2.75, 3.05) is 12.4 Å². The summed E-state index contributed by atoms with van der Waals surface area (Å²) in [6, 6.07) is 3.10. The molecule has 1 aromatic rings.